The number of amides is 2. The van der Waals surface area contributed by atoms with Crippen LogP contribution in [0.25, 0.3) is 0 Å². The first-order chi connectivity index (χ1) is 12.6. The Morgan fingerprint density at radius 2 is 1.85 bits per heavy atom. The van der Waals surface area contributed by atoms with E-state index in [1.807, 2.05) is 12.1 Å². The van der Waals surface area contributed by atoms with Gasteiger partial charge in [-0.3, -0.25) is 9.59 Å². The highest BCUT2D eigenvalue weighted by Gasteiger charge is 2.61. The molecule has 27 heavy (non-hydrogen) atoms. The fraction of sp³-hybridized carbons (Fsp3) is 0.286. The third kappa shape index (κ3) is 2.49. The standard InChI is InChI=1S/C21H18ClNO4/c1-20(2,3)27-19(26)23-16-10-13(22)8-9-15(16)21(18(23)25)11-12-6-4-5-7-14(12)17(21)24/h4-10H,11H2,1-3H3/t21-/m1/s1. The average Bonchev–Trinajstić information content (AvgIpc) is 3.00. The maximum Gasteiger partial charge on any atom is 0.421 e. The largest absolute Gasteiger partial charge is 0.443 e. The van der Waals surface area contributed by atoms with Gasteiger partial charge in [0.2, 0.25) is 0 Å². The summed E-state index contributed by atoms with van der Waals surface area (Å²) in [6, 6.07) is 12.0. The van der Waals surface area contributed by atoms with Crippen LogP contribution in [-0.4, -0.2) is 23.4 Å². The molecule has 0 unspecified atom stereocenters. The minimum atomic E-state index is -1.44. The van der Waals surface area contributed by atoms with Gasteiger partial charge in [0.25, 0.3) is 5.91 Å². The lowest BCUT2D eigenvalue weighted by molar-refractivity contribution is -0.121. The van der Waals surface area contributed by atoms with Crippen LogP contribution >= 0.6 is 11.6 Å². The molecule has 138 valence electrons. The van der Waals surface area contributed by atoms with E-state index in [2.05, 4.69) is 0 Å². The van der Waals surface area contributed by atoms with Gasteiger partial charge in [-0.1, -0.05) is 41.9 Å². The van der Waals surface area contributed by atoms with Crippen LogP contribution in [0.5, 0.6) is 0 Å². The fourth-order valence-electron chi connectivity index (χ4n) is 3.84. The molecule has 2 aliphatic rings. The van der Waals surface area contributed by atoms with Gasteiger partial charge in [0, 0.05) is 16.1 Å². The lowest BCUT2D eigenvalue weighted by Gasteiger charge is -2.25. The molecule has 1 atom stereocenters. The number of Topliss-reactive ketones (excluding diaryl/α,β-unsaturated/α-hetero) is 1. The van der Waals surface area contributed by atoms with E-state index >= 15 is 0 Å². The number of ketones is 1. The van der Waals surface area contributed by atoms with Crippen molar-refractivity contribution < 1.29 is 19.1 Å². The van der Waals surface area contributed by atoms with Crippen molar-refractivity contribution in [3.63, 3.8) is 0 Å². The Balaban J connectivity index is 1.89. The molecular formula is C21H18ClNO4. The third-order valence-electron chi connectivity index (χ3n) is 4.91. The lowest BCUT2D eigenvalue weighted by Crippen LogP contribution is -2.48. The number of hydrogen-bond acceptors (Lipinski definition) is 4. The second kappa shape index (κ2) is 5.67. The first kappa shape index (κ1) is 17.7. The number of imide groups is 1. The van der Waals surface area contributed by atoms with Crippen molar-refractivity contribution in [2.45, 2.75) is 38.2 Å². The van der Waals surface area contributed by atoms with Crippen molar-refractivity contribution >= 4 is 35.1 Å². The topological polar surface area (TPSA) is 63.7 Å². The van der Waals surface area contributed by atoms with Crippen molar-refractivity contribution in [2.75, 3.05) is 4.90 Å². The van der Waals surface area contributed by atoms with E-state index in [0.29, 0.717) is 21.8 Å². The molecule has 1 spiro atoms. The molecule has 0 saturated heterocycles. The van der Waals surface area contributed by atoms with E-state index in [0.717, 1.165) is 10.5 Å². The van der Waals surface area contributed by atoms with Gasteiger partial charge >= 0.3 is 6.09 Å². The summed E-state index contributed by atoms with van der Waals surface area (Å²) < 4.78 is 5.42. The average molecular weight is 384 g/mol. The predicted molar refractivity (Wildman–Crippen MR) is 101 cm³/mol. The van der Waals surface area contributed by atoms with Crippen LogP contribution < -0.4 is 4.90 Å². The number of fused-ring (bicyclic) bond motifs is 3. The van der Waals surface area contributed by atoms with Gasteiger partial charge in [-0.2, -0.15) is 0 Å². The zero-order valence-corrected chi connectivity index (χ0v) is 16.0. The second-order valence-electron chi connectivity index (χ2n) is 7.85. The molecule has 0 N–H and O–H groups in total. The van der Waals surface area contributed by atoms with Crippen molar-refractivity contribution in [2.24, 2.45) is 0 Å². The van der Waals surface area contributed by atoms with Gasteiger partial charge < -0.3 is 4.74 Å². The molecule has 1 aliphatic carbocycles. The van der Waals surface area contributed by atoms with Gasteiger partial charge in [0.1, 0.15) is 11.0 Å². The molecule has 2 aromatic rings. The molecule has 0 radical (unpaired) electrons. The zero-order valence-electron chi connectivity index (χ0n) is 15.2. The summed E-state index contributed by atoms with van der Waals surface area (Å²) in [6.45, 7) is 5.16. The Hall–Kier alpha value is -2.66. The molecule has 1 heterocycles. The molecule has 0 bridgehead atoms. The molecule has 4 rings (SSSR count). The first-order valence-corrected chi connectivity index (χ1v) is 9.03. The fourth-order valence-corrected chi connectivity index (χ4v) is 4.00. The Morgan fingerprint density at radius 3 is 2.52 bits per heavy atom. The van der Waals surface area contributed by atoms with Gasteiger partial charge in [0.05, 0.1) is 5.69 Å². The van der Waals surface area contributed by atoms with Crippen molar-refractivity contribution in [1.82, 2.24) is 0 Å². The summed E-state index contributed by atoms with van der Waals surface area (Å²) in [6.07, 6.45) is -0.592. The van der Waals surface area contributed by atoms with E-state index in [-0.39, 0.29) is 12.2 Å². The van der Waals surface area contributed by atoms with E-state index in [4.69, 9.17) is 16.3 Å². The number of anilines is 1. The number of rotatable bonds is 0. The minimum absolute atomic E-state index is 0.217. The monoisotopic (exact) mass is 383 g/mol. The van der Waals surface area contributed by atoms with E-state index in [1.165, 1.54) is 6.07 Å². The number of carbonyl (C=O) groups is 3. The summed E-state index contributed by atoms with van der Waals surface area (Å²) in [7, 11) is 0. The summed E-state index contributed by atoms with van der Waals surface area (Å²) in [5.41, 5.74) is -0.123. The Kier molecular flexibility index (Phi) is 3.72. The van der Waals surface area contributed by atoms with Crippen molar-refractivity contribution in [1.29, 1.82) is 0 Å². The molecular weight excluding hydrogens is 366 g/mol. The van der Waals surface area contributed by atoms with Crippen LogP contribution in [-0.2, 0) is 21.4 Å². The number of carbonyl (C=O) groups excluding carboxylic acids is 3. The van der Waals surface area contributed by atoms with Gasteiger partial charge in [0.15, 0.2) is 5.78 Å². The molecule has 0 saturated carbocycles. The summed E-state index contributed by atoms with van der Waals surface area (Å²) in [5, 5.41) is 0.370. The summed E-state index contributed by atoms with van der Waals surface area (Å²) >= 11 is 6.12. The van der Waals surface area contributed by atoms with Crippen LogP contribution in [0.15, 0.2) is 42.5 Å². The number of hydrogen-bond donors (Lipinski definition) is 0. The molecule has 0 fully saturated rings. The Bertz CT molecular complexity index is 1010. The molecule has 2 aromatic carbocycles. The quantitative estimate of drug-likeness (QED) is 0.636. The zero-order chi connectivity index (χ0) is 19.6. The van der Waals surface area contributed by atoms with Crippen LogP contribution in [0.1, 0.15) is 42.3 Å². The molecule has 2 amide bonds. The molecule has 1 aliphatic heterocycles. The highest BCUT2D eigenvalue weighted by Crippen LogP contribution is 2.50. The van der Waals surface area contributed by atoms with Gasteiger partial charge in [-0.25, -0.2) is 9.69 Å². The number of benzene rings is 2. The maximum atomic E-state index is 13.5. The highest BCUT2D eigenvalue weighted by molar-refractivity contribution is 6.35. The molecule has 6 heteroatoms. The first-order valence-electron chi connectivity index (χ1n) is 8.65. The van der Waals surface area contributed by atoms with E-state index in [1.54, 1.807) is 45.0 Å². The van der Waals surface area contributed by atoms with Crippen molar-refractivity contribution in [3.8, 4) is 0 Å². The minimum Gasteiger partial charge on any atom is -0.443 e. The molecule has 0 aromatic heterocycles. The van der Waals surface area contributed by atoms with E-state index in [9.17, 15) is 14.4 Å². The normalized spacial score (nSPS) is 20.8. The van der Waals surface area contributed by atoms with Crippen LogP contribution in [0, 0.1) is 0 Å². The van der Waals surface area contributed by atoms with Crippen molar-refractivity contribution in [3.05, 3.63) is 64.2 Å². The highest BCUT2D eigenvalue weighted by atomic mass is 35.5. The lowest BCUT2D eigenvalue weighted by atomic mass is 9.78. The number of nitrogens with zero attached hydrogens (tertiary/aromatic N) is 1. The summed E-state index contributed by atoms with van der Waals surface area (Å²) in [5.74, 6) is -0.882. The summed E-state index contributed by atoms with van der Waals surface area (Å²) in [4.78, 5) is 40.5. The van der Waals surface area contributed by atoms with E-state index < -0.39 is 23.0 Å². The SMILES string of the molecule is CC(C)(C)OC(=O)N1C(=O)[C@]2(Cc3ccccc3C2=O)c2ccc(Cl)cc21. The van der Waals surface area contributed by atoms with Crippen LogP contribution in [0.3, 0.4) is 0 Å². The Morgan fingerprint density at radius 1 is 1.15 bits per heavy atom. The van der Waals surface area contributed by atoms with Gasteiger partial charge in [-0.05, 0) is 44.9 Å². The van der Waals surface area contributed by atoms with Crippen LogP contribution in [0.2, 0.25) is 5.02 Å². The van der Waals surface area contributed by atoms with Gasteiger partial charge in [-0.15, -0.1) is 0 Å². The smallest absolute Gasteiger partial charge is 0.421 e. The molecule has 5 nitrogen and oxygen atoms in total. The van der Waals surface area contributed by atoms with Crippen LogP contribution in [0.4, 0.5) is 10.5 Å². The second-order valence-corrected chi connectivity index (χ2v) is 8.29. The predicted octanol–water partition coefficient (Wildman–Crippen LogP) is 4.30. The number of ether oxygens (including phenoxy) is 1. The Labute approximate surface area is 161 Å². The maximum absolute atomic E-state index is 13.5. The number of halogens is 1. The third-order valence-corrected chi connectivity index (χ3v) is 5.15.